The Labute approximate surface area is 116 Å². The van der Waals surface area contributed by atoms with Gasteiger partial charge in [0.25, 0.3) is 0 Å². The zero-order valence-corrected chi connectivity index (χ0v) is 11.3. The quantitative estimate of drug-likeness (QED) is 0.596. The van der Waals surface area contributed by atoms with E-state index in [1.165, 1.54) is 12.1 Å². The van der Waals surface area contributed by atoms with Crippen molar-refractivity contribution < 1.29 is 68.5 Å². The SMILES string of the molecule is O=[Se](=O)(O)Oc1ccccc1.[H-].[K+]. The van der Waals surface area contributed by atoms with Crippen molar-refractivity contribution >= 4 is 13.4 Å². The van der Waals surface area contributed by atoms with E-state index in [0.29, 0.717) is 0 Å². The second kappa shape index (κ2) is 5.46. The van der Waals surface area contributed by atoms with Gasteiger partial charge in [0, 0.05) is 0 Å². The van der Waals surface area contributed by atoms with Crippen molar-refractivity contribution in [2.75, 3.05) is 0 Å². The summed E-state index contributed by atoms with van der Waals surface area (Å²) in [6.45, 7) is 0. The van der Waals surface area contributed by atoms with Crippen LogP contribution in [-0.2, 0) is 7.67 Å². The Morgan fingerprint density at radius 3 is 2.17 bits per heavy atom. The molecule has 62 valence electrons. The monoisotopic (exact) mass is 262 g/mol. The van der Waals surface area contributed by atoms with Gasteiger partial charge in [-0.15, -0.1) is 0 Å². The van der Waals surface area contributed by atoms with Crippen molar-refractivity contribution in [3.05, 3.63) is 30.3 Å². The number of rotatable bonds is 2. The summed E-state index contributed by atoms with van der Waals surface area (Å²) in [6, 6.07) is 7.82. The fourth-order valence-electron chi connectivity index (χ4n) is 0.598. The van der Waals surface area contributed by atoms with Crippen LogP contribution in [0.3, 0.4) is 0 Å². The largest absolute Gasteiger partial charge is 1.00 e. The molecule has 6 heteroatoms. The Kier molecular flexibility index (Phi) is 5.80. The smallest absolute Gasteiger partial charge is 1.00 e. The van der Waals surface area contributed by atoms with E-state index in [-0.39, 0.29) is 58.6 Å². The van der Waals surface area contributed by atoms with Crippen LogP contribution in [0.15, 0.2) is 30.3 Å². The summed E-state index contributed by atoms with van der Waals surface area (Å²) in [6.07, 6.45) is 0. The van der Waals surface area contributed by atoms with Crippen LogP contribution >= 0.6 is 0 Å². The summed E-state index contributed by atoms with van der Waals surface area (Å²) in [5.41, 5.74) is 0. The fourth-order valence-corrected chi connectivity index (χ4v) is 1.34. The minimum absolute atomic E-state index is 0. The summed E-state index contributed by atoms with van der Waals surface area (Å²) in [5, 5.41) is 0. The van der Waals surface area contributed by atoms with Crippen LogP contribution in [0.5, 0.6) is 5.75 Å². The molecule has 0 atom stereocenters. The van der Waals surface area contributed by atoms with Crippen molar-refractivity contribution in [2.45, 2.75) is 0 Å². The van der Waals surface area contributed by atoms with Crippen LogP contribution in [-0.4, -0.2) is 17.6 Å². The summed E-state index contributed by atoms with van der Waals surface area (Å²) in [5.74, 6) is 0.125. The van der Waals surface area contributed by atoms with Gasteiger partial charge in [-0.1, -0.05) is 0 Å². The molecule has 0 fully saturated rings. The third-order valence-electron chi connectivity index (χ3n) is 0.945. The van der Waals surface area contributed by atoms with E-state index in [2.05, 4.69) is 3.82 Å². The average Bonchev–Trinajstić information content (AvgIpc) is 1.85. The van der Waals surface area contributed by atoms with Crippen molar-refractivity contribution in [1.29, 1.82) is 0 Å². The Morgan fingerprint density at radius 1 is 1.25 bits per heavy atom. The van der Waals surface area contributed by atoms with E-state index in [4.69, 9.17) is 4.19 Å². The van der Waals surface area contributed by atoms with E-state index in [1.54, 1.807) is 18.2 Å². The van der Waals surface area contributed by atoms with Crippen molar-refractivity contribution in [3.8, 4) is 5.75 Å². The van der Waals surface area contributed by atoms with Gasteiger partial charge < -0.3 is 1.43 Å². The fraction of sp³-hybridized carbons (Fsp3) is 0. The topological polar surface area (TPSA) is 63.6 Å². The first-order chi connectivity index (χ1) is 5.08. The summed E-state index contributed by atoms with van der Waals surface area (Å²) < 4.78 is 32.9. The molecule has 0 radical (unpaired) electrons. The van der Waals surface area contributed by atoms with Gasteiger partial charge in [0.05, 0.1) is 0 Å². The van der Waals surface area contributed by atoms with Crippen LogP contribution in [0.4, 0.5) is 0 Å². The molecule has 0 aliphatic heterocycles. The maximum absolute atomic E-state index is 10.2. The molecule has 0 bridgehead atoms. The molecule has 0 aromatic heterocycles. The minimum atomic E-state index is -5.06. The molecule has 0 aliphatic carbocycles. The normalized spacial score (nSPS) is 10.1. The number of para-hydroxylation sites is 1. The molecule has 0 spiro atoms. The van der Waals surface area contributed by atoms with E-state index >= 15 is 0 Å². The Morgan fingerprint density at radius 2 is 1.75 bits per heavy atom. The van der Waals surface area contributed by atoms with Crippen molar-refractivity contribution in [2.24, 2.45) is 0 Å². The average molecular weight is 261 g/mol. The molecule has 0 saturated heterocycles. The maximum Gasteiger partial charge on any atom is 1.00 e. The molecule has 4 nitrogen and oxygen atoms in total. The van der Waals surface area contributed by atoms with Crippen LogP contribution in [0.25, 0.3) is 0 Å². The number of benzene rings is 1. The van der Waals surface area contributed by atoms with Crippen LogP contribution in [0, 0.1) is 0 Å². The first-order valence-electron chi connectivity index (χ1n) is 2.80. The molecule has 0 heterocycles. The van der Waals surface area contributed by atoms with Gasteiger partial charge in [-0.25, -0.2) is 0 Å². The molecule has 0 aliphatic rings. The number of hydrogen-bond donors (Lipinski definition) is 1. The molecule has 1 N–H and O–H groups in total. The zero-order chi connectivity index (χ0) is 8.32. The predicted octanol–water partition coefficient (Wildman–Crippen LogP) is -2.53. The second-order valence-electron chi connectivity index (χ2n) is 1.82. The molecule has 1 rings (SSSR count). The molecule has 0 unspecified atom stereocenters. The standard InChI is InChI=1S/C6H6O4Se.K.H/c7-11(8,9)10-6-4-2-1-3-5-6;;/h1-5H,(H,7,8,9);;/q;+1;-1. The molecule has 0 saturated carbocycles. The van der Waals surface area contributed by atoms with E-state index in [9.17, 15) is 7.67 Å². The number of hydrogen-bond acceptors (Lipinski definition) is 3. The van der Waals surface area contributed by atoms with Gasteiger partial charge in [0.2, 0.25) is 0 Å². The first kappa shape index (κ1) is 12.7. The third-order valence-corrected chi connectivity index (χ3v) is 1.79. The molecule has 1 aromatic rings. The van der Waals surface area contributed by atoms with Gasteiger partial charge in [-0.05, 0) is 0 Å². The van der Waals surface area contributed by atoms with E-state index < -0.39 is 13.4 Å². The predicted molar refractivity (Wildman–Crippen MR) is 37.5 cm³/mol. The summed E-state index contributed by atoms with van der Waals surface area (Å²) >= 11 is -5.06. The van der Waals surface area contributed by atoms with Gasteiger partial charge >= 0.3 is 117 Å². The minimum Gasteiger partial charge on any atom is -1.00 e. The zero-order valence-electron chi connectivity index (χ0n) is 7.47. The van der Waals surface area contributed by atoms with Crippen LogP contribution in [0.1, 0.15) is 1.43 Å². The van der Waals surface area contributed by atoms with Gasteiger partial charge in [0.1, 0.15) is 0 Å². The summed E-state index contributed by atoms with van der Waals surface area (Å²) in [7, 11) is 0. The molecular formula is C6H7KO4Se. The van der Waals surface area contributed by atoms with Crippen LogP contribution in [0.2, 0.25) is 0 Å². The Balaban J connectivity index is 0. The maximum atomic E-state index is 10.2. The van der Waals surface area contributed by atoms with Gasteiger partial charge in [-0.2, -0.15) is 0 Å². The molecular weight excluding hydrogens is 254 g/mol. The molecule has 12 heavy (non-hydrogen) atoms. The van der Waals surface area contributed by atoms with Gasteiger partial charge in [-0.3, -0.25) is 0 Å². The van der Waals surface area contributed by atoms with Crippen molar-refractivity contribution in [3.63, 3.8) is 0 Å². The Hall–Kier alpha value is 0.736. The second-order valence-corrected chi connectivity index (χ2v) is 3.97. The van der Waals surface area contributed by atoms with Crippen LogP contribution < -0.4 is 55.2 Å². The van der Waals surface area contributed by atoms with E-state index in [0.717, 1.165) is 0 Å². The summed E-state index contributed by atoms with van der Waals surface area (Å²) in [4.78, 5) is 0. The first-order valence-corrected chi connectivity index (χ1v) is 5.66. The van der Waals surface area contributed by atoms with Crippen molar-refractivity contribution in [1.82, 2.24) is 0 Å². The van der Waals surface area contributed by atoms with Gasteiger partial charge in [0.15, 0.2) is 0 Å². The molecule has 0 amide bonds. The van der Waals surface area contributed by atoms with E-state index in [1.807, 2.05) is 0 Å². The Bertz CT molecular complexity index is 326. The third kappa shape index (κ3) is 5.39. The molecule has 1 aromatic carbocycles.